The molecule has 0 aliphatic carbocycles. The molecule has 0 aromatic carbocycles. The van der Waals surface area contributed by atoms with Crippen LogP contribution in [0.2, 0.25) is 0 Å². The van der Waals surface area contributed by atoms with E-state index in [9.17, 15) is 8.42 Å². The third-order valence-electron chi connectivity index (χ3n) is 2.94. The van der Waals surface area contributed by atoms with Crippen molar-refractivity contribution < 1.29 is 8.42 Å². The van der Waals surface area contributed by atoms with Gasteiger partial charge in [0.2, 0.25) is 10.0 Å². The number of rotatable bonds is 4. The van der Waals surface area contributed by atoms with Gasteiger partial charge in [0.25, 0.3) is 0 Å². The van der Waals surface area contributed by atoms with Gasteiger partial charge in [0, 0.05) is 29.5 Å². The predicted octanol–water partition coefficient (Wildman–Crippen LogP) is 2.02. The SMILES string of the molecule is CC(CCl)CS(=O)(=O)N1CCSC(C)C1C. The van der Waals surface area contributed by atoms with Crippen molar-refractivity contribution in [2.45, 2.75) is 32.1 Å². The molecule has 1 saturated heterocycles. The number of thioether (sulfide) groups is 1. The fourth-order valence-electron chi connectivity index (χ4n) is 1.80. The molecule has 0 bridgehead atoms. The summed E-state index contributed by atoms with van der Waals surface area (Å²) in [6.45, 7) is 6.58. The molecular weight excluding hydrogens is 266 g/mol. The van der Waals surface area contributed by atoms with Crippen LogP contribution in [0, 0.1) is 5.92 Å². The summed E-state index contributed by atoms with van der Waals surface area (Å²) in [5.41, 5.74) is 0. The van der Waals surface area contributed by atoms with E-state index in [1.165, 1.54) is 0 Å². The maximum absolute atomic E-state index is 12.2. The average molecular weight is 286 g/mol. The van der Waals surface area contributed by atoms with Crippen molar-refractivity contribution >= 4 is 33.4 Å². The van der Waals surface area contributed by atoms with Crippen LogP contribution in [0.25, 0.3) is 0 Å². The second-order valence-corrected chi connectivity index (χ2v) is 8.23. The quantitative estimate of drug-likeness (QED) is 0.742. The van der Waals surface area contributed by atoms with Gasteiger partial charge in [-0.1, -0.05) is 13.8 Å². The Labute approximate surface area is 108 Å². The van der Waals surface area contributed by atoms with Gasteiger partial charge in [0.1, 0.15) is 0 Å². The molecule has 3 nitrogen and oxygen atoms in total. The van der Waals surface area contributed by atoms with Crippen LogP contribution in [-0.4, -0.2) is 47.9 Å². The van der Waals surface area contributed by atoms with E-state index >= 15 is 0 Å². The summed E-state index contributed by atoms with van der Waals surface area (Å²) in [5, 5.41) is 0.370. The summed E-state index contributed by atoms with van der Waals surface area (Å²) in [6, 6.07) is 0.0891. The number of nitrogens with zero attached hydrogens (tertiary/aromatic N) is 1. The lowest BCUT2D eigenvalue weighted by Crippen LogP contribution is -2.49. The van der Waals surface area contributed by atoms with E-state index < -0.39 is 10.0 Å². The lowest BCUT2D eigenvalue weighted by Gasteiger charge is -2.36. The monoisotopic (exact) mass is 285 g/mol. The van der Waals surface area contributed by atoms with E-state index in [4.69, 9.17) is 11.6 Å². The number of alkyl halides is 1. The highest BCUT2D eigenvalue weighted by Gasteiger charge is 2.34. The molecule has 0 aromatic rings. The molecule has 1 heterocycles. The Morgan fingerprint density at radius 1 is 1.50 bits per heavy atom. The van der Waals surface area contributed by atoms with Crippen LogP contribution < -0.4 is 0 Å². The van der Waals surface area contributed by atoms with Gasteiger partial charge in [0.15, 0.2) is 0 Å². The number of sulfonamides is 1. The number of halogens is 1. The highest BCUT2D eigenvalue weighted by molar-refractivity contribution is 8.00. The van der Waals surface area contributed by atoms with Crippen LogP contribution in [0.3, 0.4) is 0 Å². The van der Waals surface area contributed by atoms with Crippen LogP contribution in [0.4, 0.5) is 0 Å². The molecule has 0 aromatic heterocycles. The van der Waals surface area contributed by atoms with E-state index in [1.807, 2.05) is 25.6 Å². The molecule has 0 saturated carbocycles. The Balaban J connectivity index is 2.74. The van der Waals surface area contributed by atoms with Gasteiger partial charge in [0.05, 0.1) is 5.75 Å². The summed E-state index contributed by atoms with van der Waals surface area (Å²) >= 11 is 7.51. The molecule has 1 aliphatic heterocycles. The highest BCUT2D eigenvalue weighted by atomic mass is 35.5. The minimum absolute atomic E-state index is 0.0174. The molecule has 96 valence electrons. The number of hydrogen-bond acceptors (Lipinski definition) is 3. The van der Waals surface area contributed by atoms with Crippen LogP contribution in [0.5, 0.6) is 0 Å². The van der Waals surface area contributed by atoms with Gasteiger partial charge in [-0.2, -0.15) is 16.1 Å². The van der Waals surface area contributed by atoms with E-state index in [0.717, 1.165) is 5.75 Å². The summed E-state index contributed by atoms with van der Waals surface area (Å²) in [5.74, 6) is 1.47. The first kappa shape index (κ1) is 14.6. The van der Waals surface area contributed by atoms with Crippen molar-refractivity contribution in [3.63, 3.8) is 0 Å². The third kappa shape index (κ3) is 3.52. The third-order valence-corrected chi connectivity index (χ3v) is 7.03. The predicted molar refractivity (Wildman–Crippen MR) is 71.8 cm³/mol. The number of hydrogen-bond donors (Lipinski definition) is 0. The maximum atomic E-state index is 12.2. The highest BCUT2D eigenvalue weighted by Crippen LogP contribution is 2.27. The first-order valence-electron chi connectivity index (χ1n) is 5.55. The standard InChI is InChI=1S/C10H20ClNO2S2/c1-8(6-11)7-16(13,14)12-4-5-15-10(3)9(12)2/h8-10H,4-7H2,1-3H3. The second kappa shape index (κ2) is 5.94. The zero-order valence-electron chi connectivity index (χ0n) is 10.0. The first-order valence-corrected chi connectivity index (χ1v) is 8.74. The zero-order valence-corrected chi connectivity index (χ0v) is 12.4. The fourth-order valence-corrected chi connectivity index (χ4v) is 5.42. The Bertz CT molecular complexity index is 321. The average Bonchev–Trinajstić information content (AvgIpc) is 2.21. The molecule has 1 fully saturated rings. The minimum Gasteiger partial charge on any atom is -0.212 e. The largest absolute Gasteiger partial charge is 0.214 e. The van der Waals surface area contributed by atoms with E-state index in [-0.39, 0.29) is 17.7 Å². The molecule has 0 spiro atoms. The molecule has 1 rings (SSSR count). The van der Waals surface area contributed by atoms with Gasteiger partial charge in [-0.15, -0.1) is 11.6 Å². The molecule has 3 atom stereocenters. The van der Waals surface area contributed by atoms with Crippen molar-refractivity contribution in [1.29, 1.82) is 0 Å². The molecule has 0 radical (unpaired) electrons. The summed E-state index contributed by atoms with van der Waals surface area (Å²) < 4.78 is 26.0. The summed E-state index contributed by atoms with van der Waals surface area (Å²) in [4.78, 5) is 0. The second-order valence-electron chi connectivity index (χ2n) is 4.47. The van der Waals surface area contributed by atoms with Crippen molar-refractivity contribution in [3.8, 4) is 0 Å². The van der Waals surface area contributed by atoms with Crippen molar-refractivity contribution in [2.24, 2.45) is 5.92 Å². The van der Waals surface area contributed by atoms with Crippen molar-refractivity contribution in [2.75, 3.05) is 23.9 Å². The summed E-state index contributed by atoms with van der Waals surface area (Å²) in [7, 11) is -3.14. The topological polar surface area (TPSA) is 37.4 Å². The lowest BCUT2D eigenvalue weighted by molar-refractivity contribution is 0.338. The van der Waals surface area contributed by atoms with Crippen molar-refractivity contribution in [1.82, 2.24) is 4.31 Å². The lowest BCUT2D eigenvalue weighted by atomic mass is 10.2. The molecule has 0 amide bonds. The van der Waals surface area contributed by atoms with E-state index in [1.54, 1.807) is 4.31 Å². The van der Waals surface area contributed by atoms with Gasteiger partial charge >= 0.3 is 0 Å². The van der Waals surface area contributed by atoms with Crippen LogP contribution in [0.1, 0.15) is 20.8 Å². The van der Waals surface area contributed by atoms with Crippen LogP contribution in [0.15, 0.2) is 0 Å². The van der Waals surface area contributed by atoms with Gasteiger partial charge in [-0.3, -0.25) is 0 Å². The van der Waals surface area contributed by atoms with E-state index in [0.29, 0.717) is 17.7 Å². The molecular formula is C10H20ClNO2S2. The maximum Gasteiger partial charge on any atom is 0.214 e. The minimum atomic E-state index is -3.14. The summed E-state index contributed by atoms with van der Waals surface area (Å²) in [6.07, 6.45) is 0. The van der Waals surface area contributed by atoms with Gasteiger partial charge in [-0.25, -0.2) is 8.42 Å². The van der Waals surface area contributed by atoms with Gasteiger partial charge < -0.3 is 0 Å². The molecule has 6 heteroatoms. The van der Waals surface area contributed by atoms with E-state index in [2.05, 4.69) is 6.92 Å². The molecule has 1 aliphatic rings. The zero-order chi connectivity index (χ0) is 12.3. The first-order chi connectivity index (χ1) is 7.38. The van der Waals surface area contributed by atoms with Crippen LogP contribution >= 0.6 is 23.4 Å². The molecule has 0 N–H and O–H groups in total. The van der Waals surface area contributed by atoms with Crippen molar-refractivity contribution in [3.05, 3.63) is 0 Å². The Morgan fingerprint density at radius 3 is 2.69 bits per heavy atom. The Morgan fingerprint density at radius 2 is 2.12 bits per heavy atom. The molecule has 16 heavy (non-hydrogen) atoms. The Hall–Kier alpha value is 0.550. The van der Waals surface area contributed by atoms with Crippen LogP contribution in [-0.2, 0) is 10.0 Å². The normalized spacial score (nSPS) is 30.2. The smallest absolute Gasteiger partial charge is 0.212 e. The Kier molecular flexibility index (Phi) is 5.42. The van der Waals surface area contributed by atoms with Gasteiger partial charge in [-0.05, 0) is 12.8 Å². The fraction of sp³-hybridized carbons (Fsp3) is 1.00. The molecule has 3 unspecified atom stereocenters.